The Labute approximate surface area is 129 Å². The van der Waals surface area contributed by atoms with Crippen molar-refractivity contribution in [2.45, 2.75) is 44.6 Å². The zero-order valence-electron chi connectivity index (χ0n) is 13.2. The Morgan fingerprint density at radius 2 is 1.76 bits per heavy atom. The first-order valence-corrected chi connectivity index (χ1v) is 8.44. The topological polar surface area (TPSA) is 38.5 Å². The van der Waals surface area contributed by atoms with Gasteiger partial charge in [-0.05, 0) is 63.7 Å². The lowest BCUT2D eigenvalue weighted by Crippen LogP contribution is -2.40. The van der Waals surface area contributed by atoms with Gasteiger partial charge in [0, 0.05) is 12.6 Å². The van der Waals surface area contributed by atoms with Gasteiger partial charge in [-0.15, -0.1) is 0 Å². The normalized spacial score (nSPS) is 17.2. The molecule has 1 aliphatic heterocycles. The van der Waals surface area contributed by atoms with Crippen molar-refractivity contribution in [2.24, 2.45) is 5.73 Å². The van der Waals surface area contributed by atoms with Gasteiger partial charge in [0.15, 0.2) is 0 Å². The van der Waals surface area contributed by atoms with E-state index in [4.69, 9.17) is 10.5 Å². The van der Waals surface area contributed by atoms with Crippen LogP contribution in [0.4, 0.5) is 0 Å². The third-order valence-electron chi connectivity index (χ3n) is 4.27. The number of likely N-dealkylation sites (tertiary alicyclic amines) is 1. The largest absolute Gasteiger partial charge is 0.381 e. The molecule has 0 unspecified atom stereocenters. The highest BCUT2D eigenvalue weighted by atomic mass is 16.5. The molecular weight excluding hydrogens is 260 g/mol. The second-order valence-corrected chi connectivity index (χ2v) is 6.09. The summed E-state index contributed by atoms with van der Waals surface area (Å²) < 4.78 is 5.71. The zero-order chi connectivity index (χ0) is 14.8. The van der Waals surface area contributed by atoms with Gasteiger partial charge in [-0.1, -0.05) is 30.3 Å². The molecule has 0 aromatic heterocycles. The first kappa shape index (κ1) is 16.5. The number of nitrogens with two attached hydrogens (primary N) is 1. The summed E-state index contributed by atoms with van der Waals surface area (Å²) in [6.45, 7) is 5.35. The van der Waals surface area contributed by atoms with Gasteiger partial charge in [-0.25, -0.2) is 0 Å². The Bertz CT molecular complexity index is 361. The molecule has 0 bridgehead atoms. The van der Waals surface area contributed by atoms with Crippen LogP contribution in [0.2, 0.25) is 0 Å². The minimum absolute atomic E-state index is 0.444. The van der Waals surface area contributed by atoms with Crippen molar-refractivity contribution in [2.75, 3.05) is 32.8 Å². The predicted molar refractivity (Wildman–Crippen MR) is 88.5 cm³/mol. The van der Waals surface area contributed by atoms with Crippen molar-refractivity contribution in [1.29, 1.82) is 0 Å². The van der Waals surface area contributed by atoms with Gasteiger partial charge in [0.1, 0.15) is 0 Å². The molecule has 2 N–H and O–H groups in total. The minimum atomic E-state index is 0.444. The molecule has 3 heteroatoms. The molecule has 0 atom stereocenters. The molecule has 118 valence electrons. The zero-order valence-corrected chi connectivity index (χ0v) is 13.2. The Hall–Kier alpha value is -0.900. The standard InChI is InChI=1S/C18H30N2O/c19-18-9-13-20(14-10-18)12-5-2-6-15-21-16-11-17-7-3-1-4-8-17/h1,3-4,7-8,18H,2,5-6,9-16,19H2. The van der Waals surface area contributed by atoms with Crippen LogP contribution in [-0.2, 0) is 11.2 Å². The van der Waals surface area contributed by atoms with Gasteiger partial charge < -0.3 is 15.4 Å². The number of hydrogen-bond acceptors (Lipinski definition) is 3. The smallest absolute Gasteiger partial charge is 0.0506 e. The van der Waals surface area contributed by atoms with E-state index in [1.165, 1.54) is 57.3 Å². The maximum atomic E-state index is 5.92. The van der Waals surface area contributed by atoms with Crippen LogP contribution in [0.15, 0.2) is 30.3 Å². The summed E-state index contributed by atoms with van der Waals surface area (Å²) in [7, 11) is 0. The second kappa shape index (κ2) is 9.93. The fourth-order valence-corrected chi connectivity index (χ4v) is 2.83. The number of hydrogen-bond donors (Lipinski definition) is 1. The monoisotopic (exact) mass is 290 g/mol. The summed E-state index contributed by atoms with van der Waals surface area (Å²) in [6, 6.07) is 11.0. The van der Waals surface area contributed by atoms with Crippen LogP contribution in [0, 0.1) is 0 Å². The fraction of sp³-hybridized carbons (Fsp3) is 0.667. The highest BCUT2D eigenvalue weighted by molar-refractivity contribution is 5.14. The molecule has 21 heavy (non-hydrogen) atoms. The highest BCUT2D eigenvalue weighted by Gasteiger charge is 2.14. The molecule has 0 spiro atoms. The van der Waals surface area contributed by atoms with E-state index in [1.54, 1.807) is 0 Å². The average molecular weight is 290 g/mol. The lowest BCUT2D eigenvalue weighted by atomic mass is 10.1. The predicted octanol–water partition coefficient (Wildman–Crippen LogP) is 2.84. The lowest BCUT2D eigenvalue weighted by Gasteiger charge is -2.29. The third kappa shape index (κ3) is 7.07. The number of unbranched alkanes of at least 4 members (excludes halogenated alkanes) is 2. The maximum absolute atomic E-state index is 5.92. The number of piperidine rings is 1. The molecule has 0 radical (unpaired) electrons. The van der Waals surface area contributed by atoms with E-state index in [1.807, 2.05) is 0 Å². The SMILES string of the molecule is NC1CCN(CCCCCOCCc2ccccc2)CC1. The van der Waals surface area contributed by atoms with Crippen LogP contribution in [0.5, 0.6) is 0 Å². The van der Waals surface area contributed by atoms with Crippen molar-refractivity contribution in [3.8, 4) is 0 Å². The van der Waals surface area contributed by atoms with Crippen molar-refractivity contribution in [3.05, 3.63) is 35.9 Å². The third-order valence-corrected chi connectivity index (χ3v) is 4.27. The van der Waals surface area contributed by atoms with E-state index in [-0.39, 0.29) is 0 Å². The Morgan fingerprint density at radius 1 is 1.00 bits per heavy atom. The molecule has 1 aliphatic rings. The van der Waals surface area contributed by atoms with E-state index in [0.29, 0.717) is 6.04 Å². The first-order valence-electron chi connectivity index (χ1n) is 8.44. The van der Waals surface area contributed by atoms with Crippen LogP contribution < -0.4 is 5.73 Å². The molecule has 2 rings (SSSR count). The van der Waals surface area contributed by atoms with Gasteiger partial charge in [0.2, 0.25) is 0 Å². The van der Waals surface area contributed by atoms with Gasteiger partial charge >= 0.3 is 0 Å². The van der Waals surface area contributed by atoms with Crippen molar-refractivity contribution in [1.82, 2.24) is 4.90 Å². The van der Waals surface area contributed by atoms with Gasteiger partial charge in [0.05, 0.1) is 6.61 Å². The maximum Gasteiger partial charge on any atom is 0.0506 e. The summed E-state index contributed by atoms with van der Waals surface area (Å²) in [5.74, 6) is 0. The van der Waals surface area contributed by atoms with E-state index in [2.05, 4.69) is 35.2 Å². The van der Waals surface area contributed by atoms with E-state index in [9.17, 15) is 0 Å². The highest BCUT2D eigenvalue weighted by Crippen LogP contribution is 2.09. The second-order valence-electron chi connectivity index (χ2n) is 6.09. The Balaban J connectivity index is 1.39. The quantitative estimate of drug-likeness (QED) is 0.711. The Morgan fingerprint density at radius 3 is 2.52 bits per heavy atom. The van der Waals surface area contributed by atoms with E-state index < -0.39 is 0 Å². The summed E-state index contributed by atoms with van der Waals surface area (Å²) in [4.78, 5) is 2.56. The van der Waals surface area contributed by atoms with Gasteiger partial charge in [-0.2, -0.15) is 0 Å². The molecule has 1 saturated heterocycles. The van der Waals surface area contributed by atoms with Crippen molar-refractivity contribution in [3.63, 3.8) is 0 Å². The number of benzene rings is 1. The molecular formula is C18H30N2O. The number of rotatable bonds is 9. The molecule has 0 aliphatic carbocycles. The summed E-state index contributed by atoms with van der Waals surface area (Å²) in [5, 5.41) is 0. The average Bonchev–Trinajstić information content (AvgIpc) is 2.53. The first-order chi connectivity index (χ1) is 10.3. The summed E-state index contributed by atoms with van der Waals surface area (Å²) in [6.07, 6.45) is 7.10. The fourth-order valence-electron chi connectivity index (χ4n) is 2.83. The molecule has 1 aromatic rings. The lowest BCUT2D eigenvalue weighted by molar-refractivity contribution is 0.131. The number of nitrogens with zero attached hydrogens (tertiary/aromatic N) is 1. The van der Waals surface area contributed by atoms with Gasteiger partial charge in [0.25, 0.3) is 0 Å². The molecule has 1 fully saturated rings. The van der Waals surface area contributed by atoms with Crippen LogP contribution in [0.25, 0.3) is 0 Å². The molecule has 1 heterocycles. The summed E-state index contributed by atoms with van der Waals surface area (Å²) >= 11 is 0. The number of ether oxygens (including phenoxy) is 1. The van der Waals surface area contributed by atoms with E-state index >= 15 is 0 Å². The summed E-state index contributed by atoms with van der Waals surface area (Å²) in [5.41, 5.74) is 7.28. The van der Waals surface area contributed by atoms with Crippen LogP contribution in [-0.4, -0.2) is 43.8 Å². The van der Waals surface area contributed by atoms with Gasteiger partial charge in [-0.3, -0.25) is 0 Å². The van der Waals surface area contributed by atoms with Crippen molar-refractivity contribution < 1.29 is 4.74 Å². The van der Waals surface area contributed by atoms with Crippen LogP contribution in [0.1, 0.15) is 37.7 Å². The van der Waals surface area contributed by atoms with Crippen LogP contribution >= 0.6 is 0 Å². The molecule has 0 saturated carbocycles. The minimum Gasteiger partial charge on any atom is -0.381 e. The molecule has 0 amide bonds. The molecule has 3 nitrogen and oxygen atoms in total. The van der Waals surface area contributed by atoms with Crippen molar-refractivity contribution >= 4 is 0 Å². The van der Waals surface area contributed by atoms with E-state index in [0.717, 1.165) is 19.6 Å². The molecule has 1 aromatic carbocycles. The Kier molecular flexibility index (Phi) is 7.79. The van der Waals surface area contributed by atoms with Crippen LogP contribution in [0.3, 0.4) is 0 Å².